The van der Waals surface area contributed by atoms with Gasteiger partial charge in [0.25, 0.3) is 0 Å². The van der Waals surface area contributed by atoms with Gasteiger partial charge in [-0.05, 0) is 38.5 Å². The van der Waals surface area contributed by atoms with Gasteiger partial charge in [-0.1, -0.05) is 0 Å². The second-order valence-corrected chi connectivity index (χ2v) is 4.62. The predicted molar refractivity (Wildman–Crippen MR) is 54.1 cm³/mol. The normalized spacial score (nSPS) is 31.6. The Morgan fingerprint density at radius 1 is 1.38 bits per heavy atom. The first kappa shape index (κ1) is 11.3. The molecule has 0 aliphatic heterocycles. The number of ether oxygens (including phenoxy) is 1. The van der Waals surface area contributed by atoms with E-state index in [-0.39, 0.29) is 6.10 Å². The van der Waals surface area contributed by atoms with Crippen LogP contribution in [0.25, 0.3) is 0 Å². The smallest absolute Gasteiger partial charge is 0.0745 e. The molecule has 0 aromatic carbocycles. The highest BCUT2D eigenvalue weighted by molar-refractivity contribution is 6.20. The van der Waals surface area contributed by atoms with Gasteiger partial charge in [-0.3, -0.25) is 0 Å². The van der Waals surface area contributed by atoms with Gasteiger partial charge in [-0.25, -0.2) is 0 Å². The summed E-state index contributed by atoms with van der Waals surface area (Å²) in [5.41, 5.74) is 0. The molecule has 0 amide bonds. The van der Waals surface area contributed by atoms with Crippen molar-refractivity contribution in [3.63, 3.8) is 0 Å². The standard InChI is InChI=1S/C10H19ClO2/c1-8(12)6-13-7-9-2-4-10(11)5-3-9/h8-10,12H,2-7H2,1H3. The number of alkyl halides is 1. The molecule has 1 atom stereocenters. The first-order valence-corrected chi connectivity index (χ1v) is 5.52. The number of rotatable bonds is 4. The Morgan fingerprint density at radius 3 is 2.54 bits per heavy atom. The minimum absolute atomic E-state index is 0.343. The summed E-state index contributed by atoms with van der Waals surface area (Å²) in [5.74, 6) is 0.661. The van der Waals surface area contributed by atoms with Gasteiger partial charge in [0.2, 0.25) is 0 Å². The van der Waals surface area contributed by atoms with Crippen molar-refractivity contribution in [1.82, 2.24) is 0 Å². The number of aliphatic hydroxyl groups excluding tert-OH is 1. The molecule has 1 rings (SSSR count). The molecule has 1 saturated carbocycles. The van der Waals surface area contributed by atoms with E-state index in [2.05, 4.69) is 0 Å². The molecule has 0 aromatic heterocycles. The summed E-state index contributed by atoms with van der Waals surface area (Å²) in [6.07, 6.45) is 4.24. The summed E-state index contributed by atoms with van der Waals surface area (Å²) in [7, 11) is 0. The molecule has 1 aliphatic carbocycles. The molecule has 0 bridgehead atoms. The monoisotopic (exact) mass is 206 g/mol. The van der Waals surface area contributed by atoms with Gasteiger partial charge < -0.3 is 9.84 Å². The minimum Gasteiger partial charge on any atom is -0.391 e. The molecular formula is C10H19ClO2. The lowest BCUT2D eigenvalue weighted by atomic mass is 9.90. The number of hydrogen-bond acceptors (Lipinski definition) is 2. The maximum Gasteiger partial charge on any atom is 0.0745 e. The summed E-state index contributed by atoms with van der Waals surface area (Å²) in [6, 6.07) is 0. The maximum atomic E-state index is 8.98. The summed E-state index contributed by atoms with van der Waals surface area (Å²) in [5, 5.41) is 9.36. The second-order valence-electron chi connectivity index (χ2n) is 4.00. The van der Waals surface area contributed by atoms with Gasteiger partial charge in [0.05, 0.1) is 12.7 Å². The van der Waals surface area contributed by atoms with E-state index in [1.165, 1.54) is 12.8 Å². The van der Waals surface area contributed by atoms with Crippen molar-refractivity contribution in [3.05, 3.63) is 0 Å². The quantitative estimate of drug-likeness (QED) is 0.715. The van der Waals surface area contributed by atoms with E-state index >= 15 is 0 Å². The highest BCUT2D eigenvalue weighted by Crippen LogP contribution is 2.27. The average Bonchev–Trinajstić information content (AvgIpc) is 2.08. The second kappa shape index (κ2) is 5.84. The fourth-order valence-corrected chi connectivity index (χ4v) is 1.95. The summed E-state index contributed by atoms with van der Waals surface area (Å²) < 4.78 is 5.38. The van der Waals surface area contributed by atoms with E-state index in [9.17, 15) is 0 Å². The van der Waals surface area contributed by atoms with Crippen molar-refractivity contribution in [2.24, 2.45) is 5.92 Å². The third-order valence-electron chi connectivity index (χ3n) is 2.49. The van der Waals surface area contributed by atoms with Gasteiger partial charge in [0.1, 0.15) is 0 Å². The van der Waals surface area contributed by atoms with Crippen molar-refractivity contribution in [3.8, 4) is 0 Å². The third-order valence-corrected chi connectivity index (χ3v) is 2.93. The Labute approximate surface area is 85.2 Å². The Kier molecular flexibility index (Phi) is 5.07. The number of halogens is 1. The zero-order valence-electron chi connectivity index (χ0n) is 8.21. The van der Waals surface area contributed by atoms with E-state index in [0.29, 0.717) is 17.9 Å². The predicted octanol–water partition coefficient (Wildman–Crippen LogP) is 2.18. The van der Waals surface area contributed by atoms with Crippen LogP contribution < -0.4 is 0 Å². The summed E-state index contributed by atoms with van der Waals surface area (Å²) in [6.45, 7) is 2.99. The molecule has 1 fully saturated rings. The number of hydrogen-bond donors (Lipinski definition) is 1. The molecule has 0 spiro atoms. The minimum atomic E-state index is -0.343. The van der Waals surface area contributed by atoms with Gasteiger partial charge >= 0.3 is 0 Å². The zero-order chi connectivity index (χ0) is 9.68. The molecule has 13 heavy (non-hydrogen) atoms. The van der Waals surface area contributed by atoms with Gasteiger partial charge in [0, 0.05) is 12.0 Å². The lowest BCUT2D eigenvalue weighted by Gasteiger charge is -2.24. The van der Waals surface area contributed by atoms with E-state index < -0.39 is 0 Å². The first-order chi connectivity index (χ1) is 6.18. The summed E-state index contributed by atoms with van der Waals surface area (Å²) in [4.78, 5) is 0. The summed E-state index contributed by atoms with van der Waals surface area (Å²) >= 11 is 5.99. The lowest BCUT2D eigenvalue weighted by Crippen LogP contribution is -2.21. The van der Waals surface area contributed by atoms with Crippen LogP contribution in [0, 0.1) is 5.92 Å². The molecule has 2 nitrogen and oxygen atoms in total. The van der Waals surface area contributed by atoms with Crippen LogP contribution in [-0.2, 0) is 4.74 Å². The van der Waals surface area contributed by atoms with Gasteiger partial charge in [-0.2, -0.15) is 0 Å². The van der Waals surface area contributed by atoms with Crippen molar-refractivity contribution < 1.29 is 9.84 Å². The molecular weight excluding hydrogens is 188 g/mol. The van der Waals surface area contributed by atoms with Crippen LogP contribution in [0.4, 0.5) is 0 Å². The Morgan fingerprint density at radius 2 is 2.00 bits per heavy atom. The molecule has 0 aromatic rings. The fraction of sp³-hybridized carbons (Fsp3) is 1.00. The Balaban J connectivity index is 2.02. The highest BCUT2D eigenvalue weighted by atomic mass is 35.5. The van der Waals surface area contributed by atoms with Crippen LogP contribution in [0.3, 0.4) is 0 Å². The van der Waals surface area contributed by atoms with E-state index in [1.54, 1.807) is 6.92 Å². The molecule has 1 aliphatic rings. The molecule has 3 heteroatoms. The Hall–Kier alpha value is 0.210. The van der Waals surface area contributed by atoms with Crippen LogP contribution in [-0.4, -0.2) is 29.8 Å². The largest absolute Gasteiger partial charge is 0.391 e. The number of aliphatic hydroxyl groups is 1. The average molecular weight is 207 g/mol. The SMILES string of the molecule is CC(O)COCC1CCC(Cl)CC1. The molecule has 1 unspecified atom stereocenters. The van der Waals surface area contributed by atoms with Crippen molar-refractivity contribution in [2.45, 2.75) is 44.1 Å². The van der Waals surface area contributed by atoms with Crippen LogP contribution in [0.15, 0.2) is 0 Å². The van der Waals surface area contributed by atoms with Crippen LogP contribution in [0.2, 0.25) is 0 Å². The van der Waals surface area contributed by atoms with Gasteiger partial charge in [-0.15, -0.1) is 11.6 Å². The van der Waals surface area contributed by atoms with Crippen molar-refractivity contribution in [2.75, 3.05) is 13.2 Å². The molecule has 0 heterocycles. The molecule has 1 N–H and O–H groups in total. The molecule has 0 saturated heterocycles. The topological polar surface area (TPSA) is 29.5 Å². The highest BCUT2D eigenvalue weighted by Gasteiger charge is 2.19. The molecule has 78 valence electrons. The van der Waals surface area contributed by atoms with E-state index in [0.717, 1.165) is 19.4 Å². The van der Waals surface area contributed by atoms with E-state index in [4.69, 9.17) is 21.4 Å². The third kappa shape index (κ3) is 4.84. The lowest BCUT2D eigenvalue weighted by molar-refractivity contribution is 0.0232. The zero-order valence-corrected chi connectivity index (χ0v) is 8.96. The van der Waals surface area contributed by atoms with Gasteiger partial charge in [0.15, 0.2) is 0 Å². The maximum absolute atomic E-state index is 8.98. The Bertz CT molecular complexity index is 131. The molecule has 0 radical (unpaired) electrons. The van der Waals surface area contributed by atoms with Crippen LogP contribution in [0.1, 0.15) is 32.6 Å². The van der Waals surface area contributed by atoms with Crippen LogP contribution >= 0.6 is 11.6 Å². The fourth-order valence-electron chi connectivity index (χ4n) is 1.69. The first-order valence-electron chi connectivity index (χ1n) is 5.08. The van der Waals surface area contributed by atoms with Crippen LogP contribution in [0.5, 0.6) is 0 Å². The van der Waals surface area contributed by atoms with E-state index in [1.807, 2.05) is 0 Å². The van der Waals surface area contributed by atoms with Crippen molar-refractivity contribution in [1.29, 1.82) is 0 Å². The van der Waals surface area contributed by atoms with Crippen molar-refractivity contribution >= 4 is 11.6 Å².